The quantitative estimate of drug-likeness (QED) is 0.775. The van der Waals surface area contributed by atoms with Crippen LogP contribution < -0.4 is 10.1 Å². The van der Waals surface area contributed by atoms with E-state index in [1.54, 1.807) is 38.1 Å². The first-order valence-corrected chi connectivity index (χ1v) is 9.90. The predicted molar refractivity (Wildman–Crippen MR) is 103 cm³/mol. The van der Waals surface area contributed by atoms with Gasteiger partial charge in [-0.3, -0.25) is 4.79 Å². The van der Waals surface area contributed by atoms with Crippen LogP contribution in [-0.2, 0) is 10.0 Å². The van der Waals surface area contributed by atoms with E-state index in [1.807, 2.05) is 0 Å². The molecule has 0 aliphatic heterocycles. The number of ether oxygens (including phenoxy) is 1. The van der Waals surface area contributed by atoms with Gasteiger partial charge in [0.15, 0.2) is 0 Å². The van der Waals surface area contributed by atoms with Crippen LogP contribution in [0.1, 0.15) is 24.2 Å². The highest BCUT2D eigenvalue weighted by atomic mass is 35.5. The van der Waals surface area contributed by atoms with Gasteiger partial charge in [-0.15, -0.1) is 0 Å². The van der Waals surface area contributed by atoms with E-state index in [-0.39, 0.29) is 4.90 Å². The van der Waals surface area contributed by atoms with Crippen molar-refractivity contribution in [3.63, 3.8) is 0 Å². The topological polar surface area (TPSA) is 75.7 Å². The third kappa shape index (κ3) is 4.35. The van der Waals surface area contributed by atoms with E-state index in [0.29, 0.717) is 35.1 Å². The van der Waals surface area contributed by atoms with E-state index in [2.05, 4.69) is 5.32 Å². The summed E-state index contributed by atoms with van der Waals surface area (Å²) in [6, 6.07) is 10.8. The molecule has 2 aromatic rings. The molecule has 26 heavy (non-hydrogen) atoms. The van der Waals surface area contributed by atoms with Gasteiger partial charge in [-0.2, -0.15) is 4.31 Å². The minimum atomic E-state index is -3.53. The molecule has 0 aliphatic carbocycles. The number of halogens is 1. The summed E-state index contributed by atoms with van der Waals surface area (Å²) in [7, 11) is -2.07. The maximum Gasteiger partial charge on any atom is 0.259 e. The van der Waals surface area contributed by atoms with Gasteiger partial charge in [-0.05, 0) is 42.5 Å². The molecule has 1 N–H and O–H groups in total. The summed E-state index contributed by atoms with van der Waals surface area (Å²) < 4.78 is 31.5. The van der Waals surface area contributed by atoms with Crippen molar-refractivity contribution in [2.75, 3.05) is 25.5 Å². The summed E-state index contributed by atoms with van der Waals surface area (Å²) in [5.74, 6) is -0.00340. The van der Waals surface area contributed by atoms with E-state index in [0.717, 1.165) is 0 Å². The summed E-state index contributed by atoms with van der Waals surface area (Å²) in [5, 5.41) is 3.12. The molecular weight excluding hydrogens is 376 g/mol. The Hall–Kier alpha value is -2.09. The number of amides is 1. The summed E-state index contributed by atoms with van der Waals surface area (Å²) in [6.07, 6.45) is 0. The zero-order chi connectivity index (χ0) is 19.3. The third-order valence-electron chi connectivity index (χ3n) is 3.86. The first-order chi connectivity index (χ1) is 12.3. The van der Waals surface area contributed by atoms with Gasteiger partial charge in [-0.25, -0.2) is 8.42 Å². The summed E-state index contributed by atoms with van der Waals surface area (Å²) in [5.41, 5.74) is 0.760. The third-order valence-corrected chi connectivity index (χ3v) is 6.16. The molecule has 0 saturated heterocycles. The number of carbonyl (C=O) groups is 1. The number of nitrogens with zero attached hydrogens (tertiary/aromatic N) is 1. The van der Waals surface area contributed by atoms with Crippen LogP contribution in [0.5, 0.6) is 5.75 Å². The Kier molecular flexibility index (Phi) is 6.63. The van der Waals surface area contributed by atoms with Gasteiger partial charge in [0.2, 0.25) is 10.0 Å². The zero-order valence-corrected chi connectivity index (χ0v) is 16.4. The molecule has 0 saturated carbocycles. The molecule has 0 atom stereocenters. The van der Waals surface area contributed by atoms with Crippen molar-refractivity contribution in [3.8, 4) is 5.75 Å². The monoisotopic (exact) mass is 396 g/mol. The number of anilines is 1. The first kappa shape index (κ1) is 20.2. The molecule has 0 unspecified atom stereocenters. The molecule has 2 rings (SSSR count). The fourth-order valence-electron chi connectivity index (χ4n) is 2.48. The van der Waals surface area contributed by atoms with Gasteiger partial charge in [-0.1, -0.05) is 25.4 Å². The van der Waals surface area contributed by atoms with Crippen molar-refractivity contribution in [3.05, 3.63) is 53.1 Å². The van der Waals surface area contributed by atoms with Crippen LogP contribution in [0.3, 0.4) is 0 Å². The fraction of sp³-hybridized carbons (Fsp3) is 0.278. The molecule has 0 spiro atoms. The molecule has 0 radical (unpaired) electrons. The van der Waals surface area contributed by atoms with Crippen molar-refractivity contribution >= 4 is 33.2 Å². The lowest BCUT2D eigenvalue weighted by Crippen LogP contribution is -2.30. The number of hydrogen-bond donors (Lipinski definition) is 1. The average Bonchev–Trinajstić information content (AvgIpc) is 2.63. The van der Waals surface area contributed by atoms with Crippen molar-refractivity contribution in [2.24, 2.45) is 0 Å². The Morgan fingerprint density at radius 1 is 1.12 bits per heavy atom. The number of carbonyl (C=O) groups excluding carboxylic acids is 1. The highest BCUT2D eigenvalue weighted by molar-refractivity contribution is 7.89. The lowest BCUT2D eigenvalue weighted by Gasteiger charge is -2.18. The standard InChI is InChI=1S/C18H21ClN2O4S/c1-4-21(5-2)26(23,24)15-9-7-14(8-10-15)20-18(22)16-12-13(19)6-11-17(16)25-3/h6-12H,4-5H2,1-3H3,(H,20,22). The van der Waals surface area contributed by atoms with Crippen LogP contribution in [0.2, 0.25) is 5.02 Å². The van der Waals surface area contributed by atoms with E-state index >= 15 is 0 Å². The predicted octanol–water partition coefficient (Wildman–Crippen LogP) is 3.63. The SMILES string of the molecule is CCN(CC)S(=O)(=O)c1ccc(NC(=O)c2cc(Cl)ccc2OC)cc1. The van der Waals surface area contributed by atoms with Crippen molar-refractivity contribution < 1.29 is 17.9 Å². The molecule has 1 amide bonds. The molecule has 0 bridgehead atoms. The van der Waals surface area contributed by atoms with Gasteiger partial charge in [0.1, 0.15) is 5.75 Å². The number of nitrogens with one attached hydrogen (secondary N) is 1. The molecule has 140 valence electrons. The zero-order valence-electron chi connectivity index (χ0n) is 14.8. The van der Waals surface area contributed by atoms with Crippen molar-refractivity contribution in [1.82, 2.24) is 4.31 Å². The smallest absolute Gasteiger partial charge is 0.259 e. The molecule has 0 aromatic heterocycles. The Bertz CT molecular complexity index is 879. The van der Waals surface area contributed by atoms with Gasteiger partial charge >= 0.3 is 0 Å². The second-order valence-electron chi connectivity index (χ2n) is 5.41. The van der Waals surface area contributed by atoms with Crippen LogP contribution in [0.15, 0.2) is 47.4 Å². The van der Waals surface area contributed by atoms with Gasteiger partial charge in [0.25, 0.3) is 5.91 Å². The number of hydrogen-bond acceptors (Lipinski definition) is 4. The Morgan fingerprint density at radius 2 is 1.73 bits per heavy atom. The van der Waals surface area contributed by atoms with Gasteiger partial charge < -0.3 is 10.1 Å². The molecule has 0 fully saturated rings. The molecule has 2 aromatic carbocycles. The molecule has 6 nitrogen and oxygen atoms in total. The molecular formula is C18H21ClN2O4S. The van der Waals surface area contributed by atoms with E-state index in [9.17, 15) is 13.2 Å². The van der Waals surface area contributed by atoms with E-state index in [1.165, 1.54) is 29.6 Å². The molecule has 8 heteroatoms. The van der Waals surface area contributed by atoms with Crippen molar-refractivity contribution in [2.45, 2.75) is 18.7 Å². The number of sulfonamides is 1. The van der Waals surface area contributed by atoms with Crippen LogP contribution in [0.25, 0.3) is 0 Å². The van der Waals surface area contributed by atoms with Crippen LogP contribution in [-0.4, -0.2) is 38.8 Å². The first-order valence-electron chi connectivity index (χ1n) is 8.08. The van der Waals surface area contributed by atoms with Crippen LogP contribution >= 0.6 is 11.6 Å². The second-order valence-corrected chi connectivity index (χ2v) is 7.79. The van der Waals surface area contributed by atoms with E-state index in [4.69, 9.17) is 16.3 Å². The molecule has 0 heterocycles. The lowest BCUT2D eigenvalue weighted by molar-refractivity contribution is 0.102. The highest BCUT2D eigenvalue weighted by Gasteiger charge is 2.21. The minimum absolute atomic E-state index is 0.180. The average molecular weight is 397 g/mol. The number of rotatable bonds is 7. The second kappa shape index (κ2) is 8.53. The van der Waals surface area contributed by atoms with Crippen LogP contribution in [0.4, 0.5) is 5.69 Å². The van der Waals surface area contributed by atoms with Crippen molar-refractivity contribution in [1.29, 1.82) is 0 Å². The highest BCUT2D eigenvalue weighted by Crippen LogP contribution is 2.24. The molecule has 0 aliphatic rings. The fourth-order valence-corrected chi connectivity index (χ4v) is 4.11. The number of methoxy groups -OCH3 is 1. The summed E-state index contributed by atoms with van der Waals surface area (Å²) in [4.78, 5) is 12.6. The maximum atomic E-state index is 12.5. The Balaban J connectivity index is 2.22. The number of benzene rings is 2. The van der Waals surface area contributed by atoms with Crippen LogP contribution in [0, 0.1) is 0 Å². The maximum absolute atomic E-state index is 12.5. The van der Waals surface area contributed by atoms with Gasteiger partial charge in [0.05, 0.1) is 17.6 Å². The Morgan fingerprint density at radius 3 is 2.27 bits per heavy atom. The normalized spacial score (nSPS) is 11.4. The van der Waals surface area contributed by atoms with Gasteiger partial charge in [0, 0.05) is 23.8 Å². The largest absolute Gasteiger partial charge is 0.496 e. The minimum Gasteiger partial charge on any atom is -0.496 e. The Labute approximate surface area is 158 Å². The summed E-state index contributed by atoms with van der Waals surface area (Å²) in [6.45, 7) is 4.36. The summed E-state index contributed by atoms with van der Waals surface area (Å²) >= 11 is 5.94. The lowest BCUT2D eigenvalue weighted by atomic mass is 10.2. The van der Waals surface area contributed by atoms with E-state index < -0.39 is 15.9 Å².